The van der Waals surface area contributed by atoms with Crippen LogP contribution >= 0.6 is 0 Å². The first kappa shape index (κ1) is 12.0. The Morgan fingerprint density at radius 3 is 2.94 bits per heavy atom. The van der Waals surface area contributed by atoms with Crippen LogP contribution in [0.5, 0.6) is 0 Å². The molecule has 18 heavy (non-hydrogen) atoms. The van der Waals surface area contributed by atoms with Gasteiger partial charge in [-0.15, -0.1) is 0 Å². The average molecular weight is 245 g/mol. The molecule has 0 unspecified atom stereocenters. The quantitative estimate of drug-likeness (QED) is 0.883. The van der Waals surface area contributed by atoms with Gasteiger partial charge in [-0.25, -0.2) is 0 Å². The van der Waals surface area contributed by atoms with Gasteiger partial charge < -0.3 is 10.2 Å². The van der Waals surface area contributed by atoms with E-state index >= 15 is 0 Å². The Morgan fingerprint density at radius 2 is 2.28 bits per heavy atom. The first-order chi connectivity index (χ1) is 8.64. The molecule has 3 heteroatoms. The lowest BCUT2D eigenvalue weighted by Crippen LogP contribution is -2.25. The van der Waals surface area contributed by atoms with Crippen molar-refractivity contribution in [3.05, 3.63) is 24.0 Å². The summed E-state index contributed by atoms with van der Waals surface area (Å²) >= 11 is 0. The molecule has 2 aliphatic rings. The van der Waals surface area contributed by atoms with Crippen LogP contribution in [0.4, 0.5) is 5.69 Å². The van der Waals surface area contributed by atoms with Gasteiger partial charge in [0.25, 0.3) is 0 Å². The van der Waals surface area contributed by atoms with E-state index in [-0.39, 0.29) is 0 Å². The summed E-state index contributed by atoms with van der Waals surface area (Å²) in [5, 5.41) is 3.59. The van der Waals surface area contributed by atoms with Crippen molar-refractivity contribution < 1.29 is 0 Å². The molecule has 0 atom stereocenters. The number of nitrogens with zero attached hydrogens (tertiary/aromatic N) is 2. The van der Waals surface area contributed by atoms with Crippen LogP contribution in [-0.4, -0.2) is 24.1 Å². The summed E-state index contributed by atoms with van der Waals surface area (Å²) in [6.45, 7) is 8.01. The zero-order valence-electron chi connectivity index (χ0n) is 11.4. The molecule has 1 saturated carbocycles. The molecule has 0 aromatic carbocycles. The summed E-state index contributed by atoms with van der Waals surface area (Å²) in [5.74, 6) is 0. The molecule has 1 aromatic heterocycles. The first-order valence-electron chi connectivity index (χ1n) is 7.05. The number of rotatable bonds is 4. The second-order valence-corrected chi connectivity index (χ2v) is 6.50. The topological polar surface area (TPSA) is 28.2 Å². The van der Waals surface area contributed by atoms with Crippen LogP contribution in [-0.2, 0) is 6.54 Å². The maximum atomic E-state index is 4.28. The highest BCUT2D eigenvalue weighted by molar-refractivity contribution is 5.53. The van der Waals surface area contributed by atoms with Crippen LogP contribution in [0, 0.1) is 5.41 Å². The summed E-state index contributed by atoms with van der Waals surface area (Å²) in [6.07, 6.45) is 7.90. The highest BCUT2D eigenvalue weighted by atomic mass is 15.2. The molecule has 1 aliphatic carbocycles. The van der Waals surface area contributed by atoms with E-state index in [1.165, 1.54) is 37.1 Å². The van der Waals surface area contributed by atoms with Crippen LogP contribution in [0.25, 0.3) is 0 Å². The van der Waals surface area contributed by atoms with E-state index in [1.807, 2.05) is 12.4 Å². The zero-order chi connectivity index (χ0) is 12.6. The lowest BCUT2D eigenvalue weighted by molar-refractivity contribution is 0.418. The lowest BCUT2D eigenvalue weighted by atomic mass is 9.93. The molecule has 1 aliphatic heterocycles. The van der Waals surface area contributed by atoms with Gasteiger partial charge in [-0.3, -0.25) is 4.98 Å². The molecule has 1 aromatic rings. The minimum absolute atomic E-state index is 0.449. The first-order valence-corrected chi connectivity index (χ1v) is 7.05. The Balaban J connectivity index is 1.73. The SMILES string of the molecule is CC1(C)CCN(c2ccncc2CNC2CC2)C1. The Morgan fingerprint density at radius 1 is 1.44 bits per heavy atom. The van der Waals surface area contributed by atoms with Crippen LogP contribution in [0.2, 0.25) is 0 Å². The largest absolute Gasteiger partial charge is 0.371 e. The number of nitrogens with one attached hydrogen (secondary N) is 1. The minimum Gasteiger partial charge on any atom is -0.371 e. The molecule has 98 valence electrons. The summed E-state index contributed by atoms with van der Waals surface area (Å²) < 4.78 is 0. The molecule has 1 saturated heterocycles. The van der Waals surface area contributed by atoms with Crippen molar-refractivity contribution in [3.8, 4) is 0 Å². The smallest absolute Gasteiger partial charge is 0.0443 e. The van der Waals surface area contributed by atoms with Crippen LogP contribution < -0.4 is 10.2 Å². The molecule has 0 spiro atoms. The molecule has 2 fully saturated rings. The van der Waals surface area contributed by atoms with Crippen molar-refractivity contribution in [1.29, 1.82) is 0 Å². The van der Waals surface area contributed by atoms with Crippen LogP contribution in [0.3, 0.4) is 0 Å². The molecule has 1 N–H and O–H groups in total. The van der Waals surface area contributed by atoms with Crippen LogP contribution in [0.1, 0.15) is 38.7 Å². The lowest BCUT2D eigenvalue weighted by Gasteiger charge is -2.24. The fraction of sp³-hybridized carbons (Fsp3) is 0.667. The molecule has 0 amide bonds. The maximum absolute atomic E-state index is 4.28. The van der Waals surface area contributed by atoms with E-state index in [1.54, 1.807) is 0 Å². The maximum Gasteiger partial charge on any atom is 0.0443 e. The summed E-state index contributed by atoms with van der Waals surface area (Å²) in [6, 6.07) is 2.93. The van der Waals surface area contributed by atoms with Gasteiger partial charge in [0.2, 0.25) is 0 Å². The fourth-order valence-electron chi connectivity index (χ4n) is 2.72. The predicted molar refractivity (Wildman–Crippen MR) is 74.7 cm³/mol. The summed E-state index contributed by atoms with van der Waals surface area (Å²) in [5.41, 5.74) is 3.18. The molecule has 0 radical (unpaired) electrons. The van der Waals surface area contributed by atoms with Gasteiger partial charge in [0.05, 0.1) is 0 Å². The van der Waals surface area contributed by atoms with E-state index < -0.39 is 0 Å². The monoisotopic (exact) mass is 245 g/mol. The average Bonchev–Trinajstić information content (AvgIpc) is 3.10. The second-order valence-electron chi connectivity index (χ2n) is 6.50. The molecule has 0 bridgehead atoms. The Hall–Kier alpha value is -1.09. The van der Waals surface area contributed by atoms with Gasteiger partial charge in [-0.05, 0) is 30.7 Å². The molecule has 3 nitrogen and oxygen atoms in total. The Kier molecular flexibility index (Phi) is 3.02. The minimum atomic E-state index is 0.449. The molecular weight excluding hydrogens is 222 g/mol. The standard InChI is InChI=1S/C15H23N3/c1-15(2)6-8-18(11-15)14-5-7-16-9-12(14)10-17-13-3-4-13/h5,7,9,13,17H,3-4,6,8,10-11H2,1-2H3. The van der Waals surface area contributed by atoms with Gasteiger partial charge in [0, 0.05) is 49.3 Å². The van der Waals surface area contributed by atoms with Gasteiger partial charge >= 0.3 is 0 Å². The van der Waals surface area contributed by atoms with E-state index in [4.69, 9.17) is 0 Å². The van der Waals surface area contributed by atoms with E-state index in [0.29, 0.717) is 5.41 Å². The third-order valence-electron chi connectivity index (χ3n) is 4.05. The van der Waals surface area contributed by atoms with Gasteiger partial charge in [-0.2, -0.15) is 0 Å². The van der Waals surface area contributed by atoms with Gasteiger partial charge in [0.15, 0.2) is 0 Å². The highest BCUT2D eigenvalue weighted by Crippen LogP contribution is 2.34. The highest BCUT2D eigenvalue weighted by Gasteiger charge is 2.30. The predicted octanol–water partition coefficient (Wildman–Crippen LogP) is 2.57. The van der Waals surface area contributed by atoms with Gasteiger partial charge in [-0.1, -0.05) is 13.8 Å². The number of hydrogen-bond donors (Lipinski definition) is 1. The van der Waals surface area contributed by atoms with Crippen molar-refractivity contribution in [1.82, 2.24) is 10.3 Å². The Bertz CT molecular complexity index is 424. The van der Waals surface area contributed by atoms with E-state index in [2.05, 4.69) is 35.1 Å². The van der Waals surface area contributed by atoms with Crippen LogP contribution in [0.15, 0.2) is 18.5 Å². The second kappa shape index (κ2) is 4.54. The molecule has 3 rings (SSSR count). The fourth-order valence-corrected chi connectivity index (χ4v) is 2.72. The Labute approximate surface area is 110 Å². The third kappa shape index (κ3) is 2.66. The number of pyridine rings is 1. The molecular formula is C15H23N3. The van der Waals surface area contributed by atoms with Crippen molar-refractivity contribution in [3.63, 3.8) is 0 Å². The molecule has 2 heterocycles. The summed E-state index contributed by atoms with van der Waals surface area (Å²) in [4.78, 5) is 6.80. The zero-order valence-corrected chi connectivity index (χ0v) is 11.4. The normalized spacial score (nSPS) is 22.4. The third-order valence-corrected chi connectivity index (χ3v) is 4.05. The van der Waals surface area contributed by atoms with E-state index in [0.717, 1.165) is 19.1 Å². The van der Waals surface area contributed by atoms with Crippen molar-refractivity contribution in [2.24, 2.45) is 5.41 Å². The van der Waals surface area contributed by atoms with Crippen molar-refractivity contribution >= 4 is 5.69 Å². The van der Waals surface area contributed by atoms with E-state index in [9.17, 15) is 0 Å². The van der Waals surface area contributed by atoms with Gasteiger partial charge in [0.1, 0.15) is 0 Å². The van der Waals surface area contributed by atoms with Crippen molar-refractivity contribution in [2.45, 2.75) is 45.7 Å². The number of aromatic nitrogens is 1. The summed E-state index contributed by atoms with van der Waals surface area (Å²) in [7, 11) is 0. The number of anilines is 1. The number of hydrogen-bond acceptors (Lipinski definition) is 3. The van der Waals surface area contributed by atoms with Crippen molar-refractivity contribution in [2.75, 3.05) is 18.0 Å².